The third-order valence-corrected chi connectivity index (χ3v) is 3.12. The molecule has 1 unspecified atom stereocenters. The number of benzene rings is 1. The molecule has 1 amide bonds. The van der Waals surface area contributed by atoms with Crippen LogP contribution in [0.25, 0.3) is 0 Å². The summed E-state index contributed by atoms with van der Waals surface area (Å²) in [6.07, 6.45) is -14.2. The molecule has 2 rings (SSSR count). The Morgan fingerprint density at radius 1 is 1.10 bits per heavy atom. The van der Waals surface area contributed by atoms with E-state index in [9.17, 15) is 36.2 Å². The van der Waals surface area contributed by atoms with Crippen molar-refractivity contribution in [3.63, 3.8) is 0 Å². The number of anilines is 1. The summed E-state index contributed by atoms with van der Waals surface area (Å²) in [5.41, 5.74) is 0.0241. The molecule has 2 N–H and O–H groups in total. The smallest absolute Gasteiger partial charge is 0.387 e. The minimum Gasteiger partial charge on any atom is -0.387 e. The number of nitrogens with one attached hydrogen (secondary N) is 1. The lowest BCUT2D eigenvalue weighted by Crippen LogP contribution is -2.40. The van der Waals surface area contributed by atoms with Crippen LogP contribution in [0.3, 0.4) is 0 Å². The Morgan fingerprint density at radius 2 is 1.67 bits per heavy atom. The first kappa shape index (κ1) is 15.6. The summed E-state index contributed by atoms with van der Waals surface area (Å²) in [7, 11) is 0. The van der Waals surface area contributed by atoms with Gasteiger partial charge in [0.05, 0.1) is 12.5 Å². The van der Waals surface area contributed by atoms with Gasteiger partial charge in [0.1, 0.15) is 0 Å². The Hall–Kier alpha value is -1.77. The average Bonchev–Trinajstić information content (AvgIpc) is 2.63. The molecule has 21 heavy (non-hydrogen) atoms. The highest BCUT2D eigenvalue weighted by atomic mass is 19.4. The molecule has 0 fully saturated rings. The standard InChI is InChI=1S/C12H9F6NO2/c13-11(14,15)10(12(16,17)18)9(21)5-1-2-7-6(3-5)4-8(20)19-7/h1-3,9-10,21H,4H2,(H,19,20). The average molecular weight is 313 g/mol. The zero-order valence-corrected chi connectivity index (χ0v) is 10.2. The number of fused-ring (bicyclic) bond motifs is 1. The summed E-state index contributed by atoms with van der Waals surface area (Å²) in [6, 6.07) is 3.07. The third-order valence-electron chi connectivity index (χ3n) is 3.12. The second-order valence-electron chi connectivity index (χ2n) is 4.65. The molecule has 116 valence electrons. The van der Waals surface area contributed by atoms with Gasteiger partial charge in [0.2, 0.25) is 5.91 Å². The Balaban J connectivity index is 2.37. The molecule has 0 aromatic heterocycles. The molecule has 0 spiro atoms. The highest BCUT2D eigenvalue weighted by molar-refractivity contribution is 5.99. The highest BCUT2D eigenvalue weighted by Gasteiger charge is 2.60. The number of alkyl halides is 6. The quantitative estimate of drug-likeness (QED) is 0.825. The van der Waals surface area contributed by atoms with Gasteiger partial charge < -0.3 is 10.4 Å². The predicted molar refractivity (Wildman–Crippen MR) is 59.3 cm³/mol. The van der Waals surface area contributed by atoms with Crippen molar-refractivity contribution in [1.29, 1.82) is 0 Å². The first-order valence-corrected chi connectivity index (χ1v) is 5.74. The fraction of sp³-hybridized carbons (Fsp3) is 0.417. The zero-order chi connectivity index (χ0) is 16.0. The maximum atomic E-state index is 12.5. The van der Waals surface area contributed by atoms with Gasteiger partial charge in [-0.15, -0.1) is 0 Å². The van der Waals surface area contributed by atoms with Crippen LogP contribution in [0.4, 0.5) is 32.0 Å². The summed E-state index contributed by atoms with van der Waals surface area (Å²) in [6.45, 7) is 0. The van der Waals surface area contributed by atoms with Gasteiger partial charge in [-0.3, -0.25) is 4.79 Å². The van der Waals surface area contributed by atoms with E-state index in [1.165, 1.54) is 6.07 Å². The summed E-state index contributed by atoms with van der Waals surface area (Å²) >= 11 is 0. The van der Waals surface area contributed by atoms with Gasteiger partial charge in [-0.25, -0.2) is 0 Å². The molecule has 0 aliphatic carbocycles. The minimum atomic E-state index is -5.63. The normalized spacial score (nSPS) is 16.9. The molecule has 9 heteroatoms. The van der Waals surface area contributed by atoms with E-state index in [1.54, 1.807) is 0 Å². The second kappa shape index (κ2) is 4.90. The van der Waals surface area contributed by atoms with Crippen LogP contribution in [-0.4, -0.2) is 23.4 Å². The maximum Gasteiger partial charge on any atom is 0.403 e. The number of hydrogen-bond donors (Lipinski definition) is 2. The van der Waals surface area contributed by atoms with E-state index in [-0.39, 0.29) is 12.0 Å². The van der Waals surface area contributed by atoms with Gasteiger partial charge >= 0.3 is 12.4 Å². The summed E-state index contributed by atoms with van der Waals surface area (Å²) in [5, 5.41) is 11.9. The molecule has 0 saturated carbocycles. The van der Waals surface area contributed by atoms with Crippen molar-refractivity contribution < 1.29 is 36.2 Å². The molecule has 1 aromatic rings. The summed E-state index contributed by atoms with van der Waals surface area (Å²) < 4.78 is 75.3. The van der Waals surface area contributed by atoms with E-state index >= 15 is 0 Å². The molecule has 1 atom stereocenters. The van der Waals surface area contributed by atoms with Crippen LogP contribution in [0, 0.1) is 5.92 Å². The Morgan fingerprint density at radius 3 is 2.19 bits per heavy atom. The van der Waals surface area contributed by atoms with Gasteiger partial charge in [-0.2, -0.15) is 26.3 Å². The first-order valence-electron chi connectivity index (χ1n) is 5.74. The van der Waals surface area contributed by atoms with E-state index in [0.717, 1.165) is 12.1 Å². The van der Waals surface area contributed by atoms with E-state index in [2.05, 4.69) is 5.32 Å². The van der Waals surface area contributed by atoms with E-state index in [0.29, 0.717) is 5.69 Å². The van der Waals surface area contributed by atoms with Crippen LogP contribution in [0.2, 0.25) is 0 Å². The fourth-order valence-corrected chi connectivity index (χ4v) is 2.17. The van der Waals surface area contributed by atoms with E-state index in [1.807, 2.05) is 0 Å². The van der Waals surface area contributed by atoms with Crippen molar-refractivity contribution >= 4 is 11.6 Å². The Labute approximate surface area is 114 Å². The molecule has 1 aliphatic rings. The third kappa shape index (κ3) is 3.12. The minimum absolute atomic E-state index is 0.154. The van der Waals surface area contributed by atoms with Gasteiger partial charge in [0.15, 0.2) is 5.92 Å². The molecular weight excluding hydrogens is 304 g/mol. The molecule has 1 heterocycles. The van der Waals surface area contributed by atoms with Crippen LogP contribution in [0.5, 0.6) is 0 Å². The summed E-state index contributed by atoms with van der Waals surface area (Å²) in [5.74, 6) is -4.30. The van der Waals surface area contributed by atoms with Crippen LogP contribution in [-0.2, 0) is 11.2 Å². The SMILES string of the molecule is O=C1Cc2cc(C(O)C(C(F)(F)F)C(F)(F)F)ccc2N1. The van der Waals surface area contributed by atoms with Gasteiger partial charge in [-0.1, -0.05) is 12.1 Å². The number of halogens is 6. The van der Waals surface area contributed by atoms with Crippen LogP contribution >= 0.6 is 0 Å². The number of rotatable bonds is 2. The molecule has 1 aliphatic heterocycles. The molecule has 0 saturated heterocycles. The van der Waals surface area contributed by atoms with Gasteiger partial charge in [0, 0.05) is 5.69 Å². The largest absolute Gasteiger partial charge is 0.403 e. The zero-order valence-electron chi connectivity index (χ0n) is 10.2. The van der Waals surface area contributed by atoms with Crippen LogP contribution < -0.4 is 5.32 Å². The molecule has 0 radical (unpaired) electrons. The van der Waals surface area contributed by atoms with Crippen molar-refractivity contribution in [2.24, 2.45) is 5.92 Å². The van der Waals surface area contributed by atoms with Crippen molar-refractivity contribution in [2.75, 3.05) is 5.32 Å². The number of carbonyl (C=O) groups is 1. The lowest BCUT2D eigenvalue weighted by molar-refractivity contribution is -0.307. The van der Waals surface area contributed by atoms with Crippen molar-refractivity contribution in [3.05, 3.63) is 29.3 Å². The topological polar surface area (TPSA) is 49.3 Å². The second-order valence-corrected chi connectivity index (χ2v) is 4.65. The molecular formula is C12H9F6NO2. The number of aliphatic hydroxyl groups is 1. The lowest BCUT2D eigenvalue weighted by atomic mass is 9.93. The van der Waals surface area contributed by atoms with Crippen molar-refractivity contribution in [3.8, 4) is 0 Å². The molecule has 3 nitrogen and oxygen atoms in total. The van der Waals surface area contributed by atoms with Gasteiger partial charge in [0.25, 0.3) is 0 Å². The van der Waals surface area contributed by atoms with Gasteiger partial charge in [-0.05, 0) is 17.2 Å². The summed E-state index contributed by atoms with van der Waals surface area (Å²) in [4.78, 5) is 11.1. The number of amides is 1. The highest BCUT2D eigenvalue weighted by Crippen LogP contribution is 2.46. The van der Waals surface area contributed by atoms with Crippen molar-refractivity contribution in [2.45, 2.75) is 24.9 Å². The van der Waals surface area contributed by atoms with E-state index < -0.39 is 35.8 Å². The van der Waals surface area contributed by atoms with E-state index in [4.69, 9.17) is 0 Å². The number of aliphatic hydroxyl groups excluding tert-OH is 1. The lowest BCUT2D eigenvalue weighted by Gasteiger charge is -2.27. The first-order chi connectivity index (χ1) is 9.50. The Kier molecular flexibility index (Phi) is 3.64. The fourth-order valence-electron chi connectivity index (χ4n) is 2.17. The van der Waals surface area contributed by atoms with Crippen LogP contribution in [0.15, 0.2) is 18.2 Å². The molecule has 0 bridgehead atoms. The predicted octanol–water partition coefficient (Wildman–Crippen LogP) is 2.96. The monoisotopic (exact) mass is 313 g/mol. The number of carbonyl (C=O) groups excluding carboxylic acids is 1. The number of hydrogen-bond acceptors (Lipinski definition) is 2. The Bertz CT molecular complexity index is 552. The maximum absolute atomic E-state index is 12.5. The molecule has 1 aromatic carbocycles. The van der Waals surface area contributed by atoms with Crippen molar-refractivity contribution in [1.82, 2.24) is 0 Å². The van der Waals surface area contributed by atoms with Crippen LogP contribution in [0.1, 0.15) is 17.2 Å².